The maximum absolute atomic E-state index is 12.6. The predicted octanol–water partition coefficient (Wildman–Crippen LogP) is 2.82. The van der Waals surface area contributed by atoms with Crippen LogP contribution in [0.25, 0.3) is 0 Å². The van der Waals surface area contributed by atoms with Gasteiger partial charge in [-0.05, 0) is 32.9 Å². The summed E-state index contributed by atoms with van der Waals surface area (Å²) in [7, 11) is 0. The normalized spacial score (nSPS) is 14.2. The molecule has 0 atom stereocenters. The number of anilines is 1. The van der Waals surface area contributed by atoms with E-state index < -0.39 is 0 Å². The van der Waals surface area contributed by atoms with Crippen molar-refractivity contribution in [1.29, 1.82) is 0 Å². The number of hydrogen-bond acceptors (Lipinski definition) is 5. The molecule has 2 N–H and O–H groups in total. The summed E-state index contributed by atoms with van der Waals surface area (Å²) < 4.78 is 0. The SMILES string of the molecule is CCNC(=NCC(=O)N1CCN(c2ccccc2)CC1)NCCc1nc(C)c(C)s1.I. The number of benzene rings is 1. The van der Waals surface area contributed by atoms with E-state index in [2.05, 4.69) is 44.6 Å². The first-order valence-corrected chi connectivity index (χ1v) is 11.4. The number of aromatic nitrogens is 1. The monoisotopic (exact) mass is 556 g/mol. The molecule has 2 aromatic rings. The van der Waals surface area contributed by atoms with Gasteiger partial charge in [-0.3, -0.25) is 4.79 Å². The summed E-state index contributed by atoms with van der Waals surface area (Å²) in [4.78, 5) is 27.2. The fourth-order valence-corrected chi connectivity index (χ4v) is 4.31. The molecular weight excluding hydrogens is 523 g/mol. The third-order valence-corrected chi connectivity index (χ3v) is 6.31. The standard InChI is InChI=1S/C22H32N6OS.HI/c1-4-23-22(24-11-10-20-26-17(2)18(3)30-20)25-16-21(29)28-14-12-27(13-15-28)19-8-6-5-7-9-19;/h5-9H,4,10-16H2,1-3H3,(H2,23,24,25);1H. The van der Waals surface area contributed by atoms with E-state index in [-0.39, 0.29) is 36.4 Å². The minimum atomic E-state index is 0. The van der Waals surface area contributed by atoms with Crippen molar-refractivity contribution in [3.05, 3.63) is 45.9 Å². The van der Waals surface area contributed by atoms with Crippen LogP contribution in [-0.4, -0.2) is 67.6 Å². The summed E-state index contributed by atoms with van der Waals surface area (Å²) in [5, 5.41) is 7.65. The molecule has 7 nitrogen and oxygen atoms in total. The number of aryl methyl sites for hydroxylation is 2. The molecule has 1 fully saturated rings. The maximum atomic E-state index is 12.6. The van der Waals surface area contributed by atoms with Crippen molar-refractivity contribution in [2.24, 2.45) is 4.99 Å². The summed E-state index contributed by atoms with van der Waals surface area (Å²) in [6.45, 7) is 11.0. The van der Waals surface area contributed by atoms with E-state index in [9.17, 15) is 4.79 Å². The lowest BCUT2D eigenvalue weighted by molar-refractivity contribution is -0.129. The Kier molecular flexibility index (Phi) is 10.5. The van der Waals surface area contributed by atoms with Gasteiger partial charge in [0.2, 0.25) is 5.91 Å². The molecule has 1 aliphatic rings. The van der Waals surface area contributed by atoms with E-state index in [1.54, 1.807) is 11.3 Å². The summed E-state index contributed by atoms with van der Waals surface area (Å²) in [5.74, 6) is 0.754. The summed E-state index contributed by atoms with van der Waals surface area (Å²) in [6, 6.07) is 10.4. The number of thiazole rings is 1. The van der Waals surface area contributed by atoms with Crippen molar-refractivity contribution in [1.82, 2.24) is 20.5 Å². The molecule has 1 aliphatic heterocycles. The molecule has 1 amide bonds. The molecule has 0 bridgehead atoms. The van der Waals surface area contributed by atoms with E-state index in [1.807, 2.05) is 36.9 Å². The van der Waals surface area contributed by atoms with Crippen LogP contribution in [0.15, 0.2) is 35.3 Å². The second-order valence-corrected chi connectivity index (χ2v) is 8.61. The first-order valence-electron chi connectivity index (χ1n) is 10.6. The van der Waals surface area contributed by atoms with Crippen molar-refractivity contribution < 1.29 is 4.79 Å². The number of rotatable bonds is 7. The molecule has 170 valence electrons. The molecule has 1 aromatic heterocycles. The van der Waals surface area contributed by atoms with Gasteiger partial charge in [0.05, 0.1) is 10.7 Å². The van der Waals surface area contributed by atoms with Gasteiger partial charge >= 0.3 is 0 Å². The average molecular weight is 557 g/mol. The van der Waals surface area contributed by atoms with Crippen molar-refractivity contribution in [2.45, 2.75) is 27.2 Å². The first kappa shape index (κ1) is 25.4. The van der Waals surface area contributed by atoms with Gasteiger partial charge in [0.25, 0.3) is 0 Å². The van der Waals surface area contributed by atoms with Crippen molar-refractivity contribution in [3.8, 4) is 0 Å². The Balaban J connectivity index is 0.00000341. The third-order valence-electron chi connectivity index (χ3n) is 5.17. The average Bonchev–Trinajstić information content (AvgIpc) is 3.09. The highest BCUT2D eigenvalue weighted by Gasteiger charge is 2.21. The fraction of sp³-hybridized carbons (Fsp3) is 0.500. The van der Waals surface area contributed by atoms with Crippen LogP contribution < -0.4 is 15.5 Å². The summed E-state index contributed by atoms with van der Waals surface area (Å²) in [6.07, 6.45) is 0.846. The highest BCUT2D eigenvalue weighted by Crippen LogP contribution is 2.17. The van der Waals surface area contributed by atoms with Gasteiger partial charge in [-0.25, -0.2) is 9.98 Å². The van der Waals surface area contributed by atoms with Crippen LogP contribution >= 0.6 is 35.3 Å². The number of carbonyl (C=O) groups is 1. The van der Waals surface area contributed by atoms with Crippen LogP contribution in [0.5, 0.6) is 0 Å². The number of para-hydroxylation sites is 1. The molecule has 0 spiro atoms. The van der Waals surface area contributed by atoms with Crippen molar-refractivity contribution in [2.75, 3.05) is 50.7 Å². The number of hydrogen-bond donors (Lipinski definition) is 2. The number of halogens is 1. The van der Waals surface area contributed by atoms with Gasteiger partial charge in [-0.15, -0.1) is 35.3 Å². The molecule has 1 aromatic carbocycles. The summed E-state index contributed by atoms with van der Waals surface area (Å²) in [5.41, 5.74) is 2.32. The zero-order valence-electron chi connectivity index (χ0n) is 18.6. The molecule has 9 heteroatoms. The van der Waals surface area contributed by atoms with Gasteiger partial charge < -0.3 is 20.4 Å². The van der Waals surface area contributed by atoms with E-state index in [0.717, 1.165) is 56.4 Å². The molecular formula is C22H33IN6OS. The number of aliphatic imine (C=N–C) groups is 1. The number of amides is 1. The molecule has 0 saturated carbocycles. The van der Waals surface area contributed by atoms with Gasteiger partial charge in [-0.2, -0.15) is 0 Å². The highest BCUT2D eigenvalue weighted by molar-refractivity contribution is 14.0. The Morgan fingerprint density at radius 1 is 1.13 bits per heavy atom. The number of guanidine groups is 1. The highest BCUT2D eigenvalue weighted by atomic mass is 127. The van der Waals surface area contributed by atoms with Gasteiger partial charge in [0.15, 0.2) is 5.96 Å². The van der Waals surface area contributed by atoms with E-state index in [1.165, 1.54) is 10.6 Å². The van der Waals surface area contributed by atoms with Crippen LogP contribution in [0, 0.1) is 13.8 Å². The maximum Gasteiger partial charge on any atom is 0.244 e. The third kappa shape index (κ3) is 7.64. The van der Waals surface area contributed by atoms with Crippen LogP contribution in [-0.2, 0) is 11.2 Å². The topological polar surface area (TPSA) is 72.9 Å². The number of nitrogens with zero attached hydrogens (tertiary/aromatic N) is 4. The lowest BCUT2D eigenvalue weighted by Crippen LogP contribution is -2.49. The second kappa shape index (κ2) is 12.8. The van der Waals surface area contributed by atoms with Gasteiger partial charge in [0.1, 0.15) is 6.54 Å². The van der Waals surface area contributed by atoms with Crippen LogP contribution in [0.2, 0.25) is 0 Å². The van der Waals surface area contributed by atoms with Crippen LogP contribution in [0.4, 0.5) is 5.69 Å². The smallest absolute Gasteiger partial charge is 0.244 e. The molecule has 3 rings (SSSR count). The summed E-state index contributed by atoms with van der Waals surface area (Å²) >= 11 is 1.74. The van der Waals surface area contributed by atoms with E-state index >= 15 is 0 Å². The Morgan fingerprint density at radius 3 is 2.45 bits per heavy atom. The zero-order chi connectivity index (χ0) is 21.3. The second-order valence-electron chi connectivity index (χ2n) is 7.32. The Labute approximate surface area is 206 Å². The van der Waals surface area contributed by atoms with Crippen LogP contribution in [0.1, 0.15) is 22.5 Å². The fourth-order valence-electron chi connectivity index (χ4n) is 3.38. The molecule has 1 saturated heterocycles. The Morgan fingerprint density at radius 2 is 1.84 bits per heavy atom. The van der Waals surface area contributed by atoms with E-state index in [4.69, 9.17) is 0 Å². The number of nitrogens with one attached hydrogen (secondary N) is 2. The van der Waals surface area contributed by atoms with Crippen molar-refractivity contribution in [3.63, 3.8) is 0 Å². The molecule has 31 heavy (non-hydrogen) atoms. The predicted molar refractivity (Wildman–Crippen MR) is 140 cm³/mol. The molecule has 0 radical (unpaired) electrons. The lowest BCUT2D eigenvalue weighted by atomic mass is 10.2. The first-order chi connectivity index (χ1) is 14.6. The molecule has 0 unspecified atom stereocenters. The lowest BCUT2D eigenvalue weighted by Gasteiger charge is -2.36. The van der Waals surface area contributed by atoms with Gasteiger partial charge in [-0.1, -0.05) is 18.2 Å². The quantitative estimate of drug-likeness (QED) is 0.312. The number of carbonyl (C=O) groups excluding carboxylic acids is 1. The largest absolute Gasteiger partial charge is 0.368 e. The molecule has 2 heterocycles. The Bertz CT molecular complexity index is 829. The zero-order valence-corrected chi connectivity index (χ0v) is 21.7. The molecule has 0 aliphatic carbocycles. The minimum absolute atomic E-state index is 0. The number of piperazine rings is 1. The van der Waals surface area contributed by atoms with Crippen LogP contribution in [0.3, 0.4) is 0 Å². The Hall–Kier alpha value is -1.88. The van der Waals surface area contributed by atoms with Crippen molar-refractivity contribution >= 4 is 52.9 Å². The van der Waals surface area contributed by atoms with Gasteiger partial charge in [0, 0.05) is 56.3 Å². The van der Waals surface area contributed by atoms with E-state index in [0.29, 0.717) is 5.96 Å². The minimum Gasteiger partial charge on any atom is -0.368 e.